The van der Waals surface area contributed by atoms with Crippen molar-refractivity contribution in [2.45, 2.75) is 72.0 Å². The maximum atomic E-state index is 12.0. The van der Waals surface area contributed by atoms with Crippen molar-refractivity contribution in [3.8, 4) is 0 Å². The van der Waals surface area contributed by atoms with Crippen LogP contribution in [0.25, 0.3) is 0 Å². The average Bonchev–Trinajstić information content (AvgIpc) is 2.49. The monoisotopic (exact) mass is 370 g/mol. The highest BCUT2D eigenvalue weighted by atomic mass is 16.5. The van der Waals surface area contributed by atoms with Crippen molar-refractivity contribution < 1.29 is 29.6 Å². The van der Waals surface area contributed by atoms with Crippen molar-refractivity contribution in [3.05, 3.63) is 12.2 Å². The van der Waals surface area contributed by atoms with Crippen molar-refractivity contribution in [1.29, 1.82) is 0 Å². The Balaban J connectivity index is 2.53. The summed E-state index contributed by atoms with van der Waals surface area (Å²) < 4.78 is 5.50. The Bertz CT molecular complexity index is 493. The van der Waals surface area contributed by atoms with Crippen LogP contribution in [-0.2, 0) is 14.3 Å². The molecule has 0 heterocycles. The zero-order valence-corrected chi connectivity index (χ0v) is 16.4. The highest BCUT2D eigenvalue weighted by Gasteiger charge is 2.31. The van der Waals surface area contributed by atoms with Crippen LogP contribution in [0.4, 0.5) is 0 Å². The minimum absolute atomic E-state index is 0.0624. The molecule has 0 aromatic rings. The first-order chi connectivity index (χ1) is 12.0. The Hall–Kier alpha value is -1.40. The highest BCUT2D eigenvalue weighted by Crippen LogP contribution is 2.35. The predicted molar refractivity (Wildman–Crippen MR) is 98.4 cm³/mol. The molecule has 5 atom stereocenters. The van der Waals surface area contributed by atoms with E-state index in [2.05, 4.69) is 19.1 Å². The standard InChI is InChI=1S/C20H34O6/c1-13-6-5-7-14(12-26-19(25)20(2,3)4)17(13)9-8-15(21)10-16(22)11-18(23)24/h5-6,13-17,21-22H,7-12H2,1-4H3,(H,23,24)/t13-,14+,15?,16?,17-/m0/s1. The van der Waals surface area contributed by atoms with Gasteiger partial charge in [0.25, 0.3) is 0 Å². The number of ether oxygens (including phenoxy) is 1. The van der Waals surface area contributed by atoms with Crippen LogP contribution in [0, 0.1) is 23.2 Å². The molecule has 1 aliphatic rings. The highest BCUT2D eigenvalue weighted by molar-refractivity contribution is 5.75. The molecule has 0 saturated heterocycles. The molecule has 1 rings (SSSR count). The molecule has 0 radical (unpaired) electrons. The van der Waals surface area contributed by atoms with E-state index in [-0.39, 0.29) is 30.6 Å². The fourth-order valence-corrected chi connectivity index (χ4v) is 3.41. The predicted octanol–water partition coefficient (Wildman–Crippen LogP) is 2.77. The molecule has 0 bridgehead atoms. The SMILES string of the molecule is C[C@H]1C=CC[C@H](COC(=O)C(C)(C)C)[C@H]1CCC(O)CC(O)CC(=O)O. The number of hydrogen-bond donors (Lipinski definition) is 3. The second-order valence-corrected chi connectivity index (χ2v) is 8.51. The Morgan fingerprint density at radius 1 is 1.23 bits per heavy atom. The Morgan fingerprint density at radius 3 is 2.46 bits per heavy atom. The fraction of sp³-hybridized carbons (Fsp3) is 0.800. The zero-order chi connectivity index (χ0) is 19.9. The first kappa shape index (κ1) is 22.6. The molecule has 6 heteroatoms. The van der Waals surface area contributed by atoms with Gasteiger partial charge in [0.15, 0.2) is 0 Å². The van der Waals surface area contributed by atoms with E-state index in [1.165, 1.54) is 0 Å². The van der Waals surface area contributed by atoms with Crippen LogP contribution in [0.5, 0.6) is 0 Å². The van der Waals surface area contributed by atoms with Crippen molar-refractivity contribution in [2.24, 2.45) is 23.2 Å². The lowest BCUT2D eigenvalue weighted by Crippen LogP contribution is -2.32. The maximum absolute atomic E-state index is 12.0. The fourth-order valence-electron chi connectivity index (χ4n) is 3.41. The van der Waals surface area contributed by atoms with E-state index in [1.54, 1.807) is 0 Å². The molecule has 6 nitrogen and oxygen atoms in total. The zero-order valence-electron chi connectivity index (χ0n) is 16.4. The number of aliphatic carboxylic acids is 1. The van der Waals surface area contributed by atoms with Crippen LogP contribution in [0.2, 0.25) is 0 Å². The van der Waals surface area contributed by atoms with Gasteiger partial charge in [-0.2, -0.15) is 0 Å². The molecule has 3 N–H and O–H groups in total. The van der Waals surface area contributed by atoms with Crippen LogP contribution in [-0.4, -0.2) is 46.1 Å². The summed E-state index contributed by atoms with van der Waals surface area (Å²) in [5.41, 5.74) is -0.526. The molecule has 150 valence electrons. The van der Waals surface area contributed by atoms with Gasteiger partial charge < -0.3 is 20.1 Å². The van der Waals surface area contributed by atoms with Crippen molar-refractivity contribution in [3.63, 3.8) is 0 Å². The molecule has 0 spiro atoms. The van der Waals surface area contributed by atoms with Crippen LogP contribution >= 0.6 is 0 Å². The molecular weight excluding hydrogens is 336 g/mol. The summed E-state index contributed by atoms with van der Waals surface area (Å²) in [6, 6.07) is 0. The third-order valence-electron chi connectivity index (χ3n) is 4.99. The Labute approximate surface area is 156 Å². The molecule has 0 aliphatic heterocycles. The Morgan fingerprint density at radius 2 is 1.88 bits per heavy atom. The summed E-state index contributed by atoms with van der Waals surface area (Å²) in [6.07, 6.45) is 4.27. The maximum Gasteiger partial charge on any atom is 0.311 e. The number of aliphatic hydroxyl groups excluding tert-OH is 2. The molecule has 1 aliphatic carbocycles. The number of carbonyl (C=O) groups is 2. The number of aliphatic hydroxyl groups is 2. The molecule has 0 amide bonds. The quantitative estimate of drug-likeness (QED) is 0.426. The van der Waals surface area contributed by atoms with Crippen molar-refractivity contribution in [2.75, 3.05) is 6.61 Å². The summed E-state index contributed by atoms with van der Waals surface area (Å²) >= 11 is 0. The second-order valence-electron chi connectivity index (χ2n) is 8.51. The van der Waals surface area contributed by atoms with Crippen LogP contribution in [0.3, 0.4) is 0 Å². The van der Waals surface area contributed by atoms with Gasteiger partial charge in [-0.1, -0.05) is 19.1 Å². The molecule has 0 saturated carbocycles. The van der Waals surface area contributed by atoms with Crippen molar-refractivity contribution in [1.82, 2.24) is 0 Å². The largest absolute Gasteiger partial charge is 0.481 e. The number of hydrogen-bond acceptors (Lipinski definition) is 5. The smallest absolute Gasteiger partial charge is 0.311 e. The van der Waals surface area contributed by atoms with Gasteiger partial charge in [-0.25, -0.2) is 0 Å². The third kappa shape index (κ3) is 7.87. The van der Waals surface area contributed by atoms with Gasteiger partial charge in [-0.05, 0) is 64.2 Å². The van der Waals surface area contributed by atoms with Gasteiger partial charge in [-0.3, -0.25) is 9.59 Å². The van der Waals surface area contributed by atoms with Crippen molar-refractivity contribution >= 4 is 11.9 Å². The number of carbonyl (C=O) groups excluding carboxylic acids is 1. The number of carboxylic acid groups (broad SMARTS) is 1. The van der Waals surface area contributed by atoms with E-state index < -0.39 is 23.6 Å². The molecule has 0 aromatic carbocycles. The molecule has 0 fully saturated rings. The van der Waals surface area contributed by atoms with Crippen LogP contribution in [0.1, 0.15) is 59.8 Å². The average molecular weight is 370 g/mol. The molecular formula is C20H34O6. The van der Waals surface area contributed by atoms with E-state index in [1.807, 2.05) is 20.8 Å². The lowest BCUT2D eigenvalue weighted by atomic mass is 9.74. The van der Waals surface area contributed by atoms with E-state index in [9.17, 15) is 19.8 Å². The molecule has 2 unspecified atom stereocenters. The third-order valence-corrected chi connectivity index (χ3v) is 4.99. The summed E-state index contributed by atoms with van der Waals surface area (Å²) in [6.45, 7) is 7.97. The number of esters is 1. The lowest BCUT2D eigenvalue weighted by molar-refractivity contribution is -0.155. The van der Waals surface area contributed by atoms with Gasteiger partial charge in [0.1, 0.15) is 0 Å². The molecule has 0 aromatic heterocycles. The summed E-state index contributed by atoms with van der Waals surface area (Å²) in [7, 11) is 0. The number of carboxylic acids is 1. The topological polar surface area (TPSA) is 104 Å². The van der Waals surface area contributed by atoms with Crippen LogP contribution < -0.4 is 0 Å². The minimum Gasteiger partial charge on any atom is -0.481 e. The Kier molecular flexibility index (Phi) is 8.77. The number of allylic oxidation sites excluding steroid dienone is 2. The number of rotatable bonds is 9. The van der Waals surface area contributed by atoms with Gasteiger partial charge >= 0.3 is 11.9 Å². The molecule has 26 heavy (non-hydrogen) atoms. The van der Waals surface area contributed by atoms with Gasteiger partial charge in [0.2, 0.25) is 0 Å². The summed E-state index contributed by atoms with van der Waals surface area (Å²) in [5.74, 6) is -0.485. The van der Waals surface area contributed by atoms with Gasteiger partial charge in [0, 0.05) is 0 Å². The lowest BCUT2D eigenvalue weighted by Gasteiger charge is -2.34. The first-order valence-electron chi connectivity index (χ1n) is 9.42. The normalized spacial score (nSPS) is 25.5. The first-order valence-corrected chi connectivity index (χ1v) is 9.42. The second kappa shape index (κ2) is 10.1. The minimum atomic E-state index is -1.07. The van der Waals surface area contributed by atoms with E-state index in [0.29, 0.717) is 18.9 Å². The van der Waals surface area contributed by atoms with Crippen LogP contribution in [0.15, 0.2) is 12.2 Å². The van der Waals surface area contributed by atoms with E-state index >= 15 is 0 Å². The summed E-state index contributed by atoms with van der Waals surface area (Å²) in [5, 5.41) is 28.4. The summed E-state index contributed by atoms with van der Waals surface area (Å²) in [4.78, 5) is 22.6. The van der Waals surface area contributed by atoms with Gasteiger partial charge in [-0.15, -0.1) is 0 Å². The van der Waals surface area contributed by atoms with E-state index in [0.717, 1.165) is 12.8 Å². The van der Waals surface area contributed by atoms with E-state index in [4.69, 9.17) is 9.84 Å². The van der Waals surface area contributed by atoms with Gasteiger partial charge in [0.05, 0.1) is 30.7 Å².